The zero-order chi connectivity index (χ0) is 17.8. The molecule has 0 aliphatic carbocycles. The van der Waals surface area contributed by atoms with Gasteiger partial charge in [-0.2, -0.15) is 0 Å². The highest BCUT2D eigenvalue weighted by atomic mass is 16.3. The van der Waals surface area contributed by atoms with Crippen LogP contribution in [0, 0.1) is 0 Å². The second kappa shape index (κ2) is 7.23. The van der Waals surface area contributed by atoms with Gasteiger partial charge in [-0.05, 0) is 29.3 Å². The summed E-state index contributed by atoms with van der Waals surface area (Å²) in [5.74, 6) is 0.518. The molecule has 0 atom stereocenters. The summed E-state index contributed by atoms with van der Waals surface area (Å²) in [4.78, 5) is 16.9. The smallest absolute Gasteiger partial charge is 0.251 e. The monoisotopic (exact) mass is 342 g/mol. The fourth-order valence-corrected chi connectivity index (χ4v) is 2.84. The molecule has 0 aliphatic heterocycles. The third-order valence-corrected chi connectivity index (χ3v) is 4.19. The van der Waals surface area contributed by atoms with Crippen LogP contribution in [0.2, 0.25) is 0 Å². The SMILES string of the molecule is O=C(NCc1ccccc1)c1ccc2nc(Cc3ccccc3)oc2c1. The molecular weight excluding hydrogens is 324 g/mol. The third-order valence-electron chi connectivity index (χ3n) is 4.19. The van der Waals surface area contributed by atoms with E-state index in [1.807, 2.05) is 66.7 Å². The topological polar surface area (TPSA) is 55.1 Å². The molecule has 3 aromatic carbocycles. The molecule has 26 heavy (non-hydrogen) atoms. The first-order valence-corrected chi connectivity index (χ1v) is 8.53. The van der Waals surface area contributed by atoms with Crippen molar-refractivity contribution < 1.29 is 9.21 Å². The van der Waals surface area contributed by atoms with Gasteiger partial charge in [0.05, 0.1) is 0 Å². The van der Waals surface area contributed by atoms with E-state index in [1.54, 1.807) is 12.1 Å². The van der Waals surface area contributed by atoms with Crippen molar-refractivity contribution in [2.45, 2.75) is 13.0 Å². The predicted molar refractivity (Wildman–Crippen MR) is 101 cm³/mol. The van der Waals surface area contributed by atoms with Crippen molar-refractivity contribution in [3.05, 3.63) is 101 Å². The molecule has 1 amide bonds. The number of amides is 1. The van der Waals surface area contributed by atoms with Crippen LogP contribution < -0.4 is 5.32 Å². The molecule has 0 saturated heterocycles. The second-order valence-electron chi connectivity index (χ2n) is 6.12. The molecule has 0 unspecified atom stereocenters. The number of carbonyl (C=O) groups is 1. The van der Waals surface area contributed by atoms with Crippen LogP contribution >= 0.6 is 0 Å². The van der Waals surface area contributed by atoms with Crippen LogP contribution in [0.1, 0.15) is 27.4 Å². The van der Waals surface area contributed by atoms with Crippen molar-refractivity contribution in [3.8, 4) is 0 Å². The van der Waals surface area contributed by atoms with Crippen molar-refractivity contribution >= 4 is 17.0 Å². The number of nitrogens with one attached hydrogen (secondary N) is 1. The molecule has 0 fully saturated rings. The first-order chi connectivity index (χ1) is 12.8. The number of benzene rings is 3. The third kappa shape index (κ3) is 3.64. The lowest BCUT2D eigenvalue weighted by Gasteiger charge is -2.05. The fourth-order valence-electron chi connectivity index (χ4n) is 2.84. The zero-order valence-corrected chi connectivity index (χ0v) is 14.2. The second-order valence-corrected chi connectivity index (χ2v) is 6.12. The first-order valence-electron chi connectivity index (χ1n) is 8.53. The summed E-state index contributed by atoms with van der Waals surface area (Å²) in [6.45, 7) is 0.493. The van der Waals surface area contributed by atoms with Crippen LogP contribution in [-0.2, 0) is 13.0 Å². The summed E-state index contributed by atoms with van der Waals surface area (Å²) in [7, 11) is 0. The van der Waals surface area contributed by atoms with Crippen LogP contribution in [-0.4, -0.2) is 10.9 Å². The highest BCUT2D eigenvalue weighted by molar-refractivity contribution is 5.96. The lowest BCUT2D eigenvalue weighted by atomic mass is 10.1. The van der Waals surface area contributed by atoms with Gasteiger partial charge in [-0.1, -0.05) is 60.7 Å². The van der Waals surface area contributed by atoms with E-state index < -0.39 is 0 Å². The maximum atomic E-state index is 12.4. The molecule has 4 aromatic rings. The largest absolute Gasteiger partial charge is 0.440 e. The van der Waals surface area contributed by atoms with Gasteiger partial charge in [0, 0.05) is 18.5 Å². The van der Waals surface area contributed by atoms with Crippen molar-refractivity contribution in [1.82, 2.24) is 10.3 Å². The summed E-state index contributed by atoms with van der Waals surface area (Å²) < 4.78 is 5.83. The molecule has 0 spiro atoms. The maximum Gasteiger partial charge on any atom is 0.251 e. The normalized spacial score (nSPS) is 10.8. The quantitative estimate of drug-likeness (QED) is 0.587. The summed E-state index contributed by atoms with van der Waals surface area (Å²) in [5.41, 5.74) is 4.15. The number of fused-ring (bicyclic) bond motifs is 1. The summed E-state index contributed by atoms with van der Waals surface area (Å²) in [5, 5.41) is 2.93. The van der Waals surface area contributed by atoms with Crippen LogP contribution in [0.15, 0.2) is 83.3 Å². The van der Waals surface area contributed by atoms with Gasteiger partial charge in [-0.25, -0.2) is 4.98 Å². The van der Waals surface area contributed by atoms with E-state index in [4.69, 9.17) is 4.42 Å². The van der Waals surface area contributed by atoms with Gasteiger partial charge in [0.25, 0.3) is 5.91 Å². The van der Waals surface area contributed by atoms with Gasteiger partial charge in [-0.3, -0.25) is 4.79 Å². The predicted octanol–water partition coefficient (Wildman–Crippen LogP) is 4.35. The van der Waals surface area contributed by atoms with Crippen LogP contribution in [0.4, 0.5) is 0 Å². The number of carbonyl (C=O) groups excluding carboxylic acids is 1. The molecular formula is C22H18N2O2. The Morgan fingerprint density at radius 2 is 1.58 bits per heavy atom. The average Bonchev–Trinajstić information content (AvgIpc) is 3.09. The molecule has 1 heterocycles. The Bertz CT molecular complexity index is 1020. The first kappa shape index (κ1) is 16.1. The van der Waals surface area contributed by atoms with Gasteiger partial charge >= 0.3 is 0 Å². The summed E-state index contributed by atoms with van der Waals surface area (Å²) in [6, 6.07) is 25.2. The Morgan fingerprint density at radius 1 is 0.885 bits per heavy atom. The van der Waals surface area contributed by atoms with Gasteiger partial charge in [0.1, 0.15) is 5.52 Å². The Kier molecular flexibility index (Phi) is 4.48. The minimum Gasteiger partial charge on any atom is -0.440 e. The van der Waals surface area contributed by atoms with E-state index in [-0.39, 0.29) is 5.91 Å². The molecule has 0 radical (unpaired) electrons. The lowest BCUT2D eigenvalue weighted by Crippen LogP contribution is -2.22. The minimum absolute atomic E-state index is 0.128. The Morgan fingerprint density at radius 3 is 2.31 bits per heavy atom. The van der Waals surface area contributed by atoms with Crippen LogP contribution in [0.3, 0.4) is 0 Å². The average molecular weight is 342 g/mol. The Balaban J connectivity index is 1.49. The Labute approximate surface area is 151 Å². The molecule has 0 bridgehead atoms. The molecule has 4 heteroatoms. The summed E-state index contributed by atoms with van der Waals surface area (Å²) >= 11 is 0. The van der Waals surface area contributed by atoms with Crippen molar-refractivity contribution in [2.24, 2.45) is 0 Å². The van der Waals surface area contributed by atoms with Gasteiger partial charge < -0.3 is 9.73 Å². The number of hydrogen-bond donors (Lipinski definition) is 1. The molecule has 1 aromatic heterocycles. The molecule has 128 valence electrons. The number of rotatable bonds is 5. The van der Waals surface area contributed by atoms with Crippen molar-refractivity contribution in [2.75, 3.05) is 0 Å². The molecule has 0 saturated carbocycles. The van der Waals surface area contributed by atoms with Gasteiger partial charge in [0.15, 0.2) is 11.5 Å². The highest BCUT2D eigenvalue weighted by Crippen LogP contribution is 2.19. The van der Waals surface area contributed by atoms with Crippen LogP contribution in [0.5, 0.6) is 0 Å². The number of hydrogen-bond acceptors (Lipinski definition) is 3. The molecule has 0 aliphatic rings. The fraction of sp³-hybridized carbons (Fsp3) is 0.0909. The van der Waals surface area contributed by atoms with Gasteiger partial charge in [-0.15, -0.1) is 0 Å². The lowest BCUT2D eigenvalue weighted by molar-refractivity contribution is 0.0951. The Hall–Kier alpha value is -3.40. The van der Waals surface area contributed by atoms with Gasteiger partial charge in [0.2, 0.25) is 0 Å². The van der Waals surface area contributed by atoms with E-state index in [2.05, 4.69) is 10.3 Å². The number of nitrogens with zero attached hydrogens (tertiary/aromatic N) is 1. The molecule has 4 rings (SSSR count). The zero-order valence-electron chi connectivity index (χ0n) is 14.2. The number of aromatic nitrogens is 1. The van der Waals surface area contributed by atoms with E-state index in [0.717, 1.165) is 16.6 Å². The molecule has 4 nitrogen and oxygen atoms in total. The van der Waals surface area contributed by atoms with Crippen molar-refractivity contribution in [3.63, 3.8) is 0 Å². The summed E-state index contributed by atoms with van der Waals surface area (Å²) in [6.07, 6.45) is 0.630. The van der Waals surface area contributed by atoms with E-state index in [0.29, 0.717) is 30.0 Å². The highest BCUT2D eigenvalue weighted by Gasteiger charge is 2.11. The maximum absolute atomic E-state index is 12.4. The van der Waals surface area contributed by atoms with E-state index in [9.17, 15) is 4.79 Å². The van der Waals surface area contributed by atoms with Crippen molar-refractivity contribution in [1.29, 1.82) is 0 Å². The van der Waals surface area contributed by atoms with Crippen LogP contribution in [0.25, 0.3) is 11.1 Å². The molecule has 1 N–H and O–H groups in total. The number of oxazole rings is 1. The standard InChI is InChI=1S/C22H18N2O2/c25-22(23-15-17-9-5-2-6-10-17)18-11-12-19-20(14-18)26-21(24-19)13-16-7-3-1-4-8-16/h1-12,14H,13,15H2,(H,23,25). The minimum atomic E-state index is -0.128. The van der Waals surface area contributed by atoms with E-state index >= 15 is 0 Å². The van der Waals surface area contributed by atoms with E-state index in [1.165, 1.54) is 0 Å².